The summed E-state index contributed by atoms with van der Waals surface area (Å²) in [6, 6.07) is 22.7. The topological polar surface area (TPSA) is 39.5 Å². The van der Waals surface area contributed by atoms with Crippen LogP contribution in [0.4, 0.5) is 5.69 Å². The standard InChI is InChI=1S/C22H21N3O/c1-26-19-10-7-17(8-11-19)16-24-13-4-14-25(24)22-12-9-18(15-23)20-5-2-3-6-21(20)22/h2-3,5-12H,4,13-14,16H2,1H3. The highest BCUT2D eigenvalue weighted by atomic mass is 16.5. The van der Waals surface area contributed by atoms with E-state index in [4.69, 9.17) is 4.74 Å². The van der Waals surface area contributed by atoms with Crippen LogP contribution in [-0.4, -0.2) is 25.2 Å². The lowest BCUT2D eigenvalue weighted by Crippen LogP contribution is -2.36. The fourth-order valence-corrected chi connectivity index (χ4v) is 3.65. The summed E-state index contributed by atoms with van der Waals surface area (Å²) in [5.74, 6) is 0.880. The van der Waals surface area contributed by atoms with Gasteiger partial charge in [-0.3, -0.25) is 0 Å². The molecule has 1 saturated heterocycles. The Morgan fingerprint density at radius 1 is 0.962 bits per heavy atom. The van der Waals surface area contributed by atoms with Crippen LogP contribution in [0.25, 0.3) is 10.8 Å². The molecule has 1 aliphatic rings. The monoisotopic (exact) mass is 343 g/mol. The molecule has 0 saturated carbocycles. The van der Waals surface area contributed by atoms with Crippen molar-refractivity contribution in [3.8, 4) is 11.8 Å². The summed E-state index contributed by atoms with van der Waals surface area (Å²) in [4.78, 5) is 0. The first-order valence-corrected chi connectivity index (χ1v) is 8.87. The predicted octanol–water partition coefficient (Wildman–Crippen LogP) is 4.35. The largest absolute Gasteiger partial charge is 0.497 e. The Balaban J connectivity index is 1.66. The van der Waals surface area contributed by atoms with Crippen molar-refractivity contribution < 1.29 is 4.74 Å². The van der Waals surface area contributed by atoms with E-state index in [1.165, 1.54) is 11.3 Å². The van der Waals surface area contributed by atoms with Crippen molar-refractivity contribution in [3.05, 3.63) is 71.8 Å². The summed E-state index contributed by atoms with van der Waals surface area (Å²) in [5, 5.41) is 16.3. The summed E-state index contributed by atoms with van der Waals surface area (Å²) >= 11 is 0. The Kier molecular flexibility index (Phi) is 4.47. The Bertz CT molecular complexity index is 959. The van der Waals surface area contributed by atoms with Gasteiger partial charge >= 0.3 is 0 Å². The maximum absolute atomic E-state index is 9.40. The highest BCUT2D eigenvalue weighted by Crippen LogP contribution is 2.32. The summed E-state index contributed by atoms with van der Waals surface area (Å²) in [7, 11) is 1.69. The molecule has 4 heteroatoms. The van der Waals surface area contributed by atoms with E-state index in [1.54, 1.807) is 7.11 Å². The van der Waals surface area contributed by atoms with Gasteiger partial charge in [0, 0.05) is 30.4 Å². The molecule has 0 amide bonds. The van der Waals surface area contributed by atoms with Crippen LogP contribution in [0.1, 0.15) is 17.5 Å². The minimum absolute atomic E-state index is 0.727. The number of fused-ring (bicyclic) bond motifs is 1. The van der Waals surface area contributed by atoms with Gasteiger partial charge in [0.15, 0.2) is 0 Å². The van der Waals surface area contributed by atoms with Crippen molar-refractivity contribution in [2.75, 3.05) is 25.2 Å². The number of nitriles is 1. The normalized spacial score (nSPS) is 14.5. The van der Waals surface area contributed by atoms with Crippen LogP contribution in [0.5, 0.6) is 5.75 Å². The SMILES string of the molecule is COc1ccc(CN2CCCN2c2ccc(C#N)c3ccccc23)cc1. The average Bonchev–Trinajstić information content (AvgIpc) is 3.15. The summed E-state index contributed by atoms with van der Waals surface area (Å²) in [6.07, 6.45) is 1.13. The van der Waals surface area contributed by atoms with Gasteiger partial charge in [0.05, 0.1) is 24.4 Å². The number of nitrogens with zero attached hydrogens (tertiary/aromatic N) is 3. The van der Waals surface area contributed by atoms with E-state index in [0.717, 1.165) is 48.1 Å². The first-order chi connectivity index (χ1) is 12.8. The predicted molar refractivity (Wildman–Crippen MR) is 104 cm³/mol. The van der Waals surface area contributed by atoms with Crippen molar-refractivity contribution in [3.63, 3.8) is 0 Å². The Morgan fingerprint density at radius 3 is 2.46 bits per heavy atom. The number of rotatable bonds is 4. The van der Waals surface area contributed by atoms with Crippen molar-refractivity contribution in [2.45, 2.75) is 13.0 Å². The first kappa shape index (κ1) is 16.4. The van der Waals surface area contributed by atoms with Crippen LogP contribution in [0.15, 0.2) is 60.7 Å². The smallest absolute Gasteiger partial charge is 0.118 e. The quantitative estimate of drug-likeness (QED) is 0.706. The number of hydrogen-bond acceptors (Lipinski definition) is 4. The van der Waals surface area contributed by atoms with Gasteiger partial charge in [-0.05, 0) is 36.2 Å². The minimum Gasteiger partial charge on any atom is -0.497 e. The van der Waals surface area contributed by atoms with Gasteiger partial charge in [-0.2, -0.15) is 5.26 Å². The molecule has 0 bridgehead atoms. The van der Waals surface area contributed by atoms with Gasteiger partial charge in [-0.25, -0.2) is 5.01 Å². The molecular weight excluding hydrogens is 322 g/mol. The summed E-state index contributed by atoms with van der Waals surface area (Å²) in [6.45, 7) is 2.88. The van der Waals surface area contributed by atoms with E-state index in [1.807, 2.05) is 36.4 Å². The molecule has 4 nitrogen and oxygen atoms in total. The molecule has 0 N–H and O–H groups in total. The molecule has 0 unspecified atom stereocenters. The molecular formula is C22H21N3O. The fraction of sp³-hybridized carbons (Fsp3) is 0.227. The minimum atomic E-state index is 0.727. The van der Waals surface area contributed by atoms with Crippen molar-refractivity contribution >= 4 is 16.5 Å². The zero-order valence-electron chi connectivity index (χ0n) is 14.9. The zero-order chi connectivity index (χ0) is 17.9. The van der Waals surface area contributed by atoms with E-state index in [0.29, 0.717) is 0 Å². The van der Waals surface area contributed by atoms with E-state index in [2.05, 4.69) is 40.4 Å². The lowest BCUT2D eigenvalue weighted by Gasteiger charge is -2.31. The number of methoxy groups -OCH3 is 1. The molecule has 130 valence electrons. The van der Waals surface area contributed by atoms with E-state index in [-0.39, 0.29) is 0 Å². The lowest BCUT2D eigenvalue weighted by atomic mass is 10.0. The number of benzene rings is 3. The second-order valence-corrected chi connectivity index (χ2v) is 6.50. The molecule has 1 aliphatic heterocycles. The summed E-state index contributed by atoms with van der Waals surface area (Å²) in [5.41, 5.74) is 3.16. The second kappa shape index (κ2) is 7.07. The number of anilines is 1. The molecule has 1 fully saturated rings. The molecule has 4 rings (SSSR count). The van der Waals surface area contributed by atoms with Crippen LogP contribution in [0, 0.1) is 11.3 Å². The Hall–Kier alpha value is -3.03. The lowest BCUT2D eigenvalue weighted by molar-refractivity contribution is 0.303. The number of hydrogen-bond donors (Lipinski definition) is 0. The number of hydrazine groups is 1. The second-order valence-electron chi connectivity index (χ2n) is 6.50. The molecule has 0 aliphatic carbocycles. The van der Waals surface area contributed by atoms with Crippen LogP contribution in [0.2, 0.25) is 0 Å². The first-order valence-electron chi connectivity index (χ1n) is 8.87. The highest BCUT2D eigenvalue weighted by Gasteiger charge is 2.24. The molecule has 0 radical (unpaired) electrons. The van der Waals surface area contributed by atoms with Gasteiger partial charge in [0.25, 0.3) is 0 Å². The van der Waals surface area contributed by atoms with Gasteiger partial charge in [-0.1, -0.05) is 36.4 Å². The maximum Gasteiger partial charge on any atom is 0.118 e. The van der Waals surface area contributed by atoms with E-state index >= 15 is 0 Å². The van der Waals surface area contributed by atoms with Gasteiger partial charge < -0.3 is 9.75 Å². The van der Waals surface area contributed by atoms with Crippen molar-refractivity contribution in [2.24, 2.45) is 0 Å². The van der Waals surface area contributed by atoms with Crippen LogP contribution in [0.3, 0.4) is 0 Å². The third kappa shape index (κ3) is 2.98. The zero-order valence-corrected chi connectivity index (χ0v) is 14.9. The molecule has 0 spiro atoms. The van der Waals surface area contributed by atoms with Crippen LogP contribution in [-0.2, 0) is 6.54 Å². The third-order valence-electron chi connectivity index (χ3n) is 4.95. The summed E-state index contributed by atoms with van der Waals surface area (Å²) < 4.78 is 5.25. The maximum atomic E-state index is 9.40. The average molecular weight is 343 g/mol. The van der Waals surface area contributed by atoms with Crippen molar-refractivity contribution in [1.29, 1.82) is 5.26 Å². The van der Waals surface area contributed by atoms with Crippen molar-refractivity contribution in [1.82, 2.24) is 5.01 Å². The van der Waals surface area contributed by atoms with Crippen LogP contribution >= 0.6 is 0 Å². The van der Waals surface area contributed by atoms with E-state index < -0.39 is 0 Å². The van der Waals surface area contributed by atoms with Gasteiger partial charge in [0.2, 0.25) is 0 Å². The van der Waals surface area contributed by atoms with E-state index in [9.17, 15) is 5.26 Å². The molecule has 3 aromatic carbocycles. The molecule has 0 atom stereocenters. The molecule has 26 heavy (non-hydrogen) atoms. The van der Waals surface area contributed by atoms with Crippen LogP contribution < -0.4 is 9.75 Å². The Morgan fingerprint density at radius 2 is 1.73 bits per heavy atom. The Labute approximate surface area is 153 Å². The molecule has 0 aromatic heterocycles. The van der Waals surface area contributed by atoms with Gasteiger partial charge in [-0.15, -0.1) is 0 Å². The molecule has 1 heterocycles. The third-order valence-corrected chi connectivity index (χ3v) is 4.95. The van der Waals surface area contributed by atoms with Gasteiger partial charge in [0.1, 0.15) is 5.75 Å². The fourth-order valence-electron chi connectivity index (χ4n) is 3.65. The highest BCUT2D eigenvalue weighted by molar-refractivity contribution is 5.97. The molecule has 3 aromatic rings. The number of ether oxygens (including phenoxy) is 1.